The Balaban J connectivity index is 1.99. The molecule has 0 unspecified atom stereocenters. The first-order chi connectivity index (χ1) is 7.74. The summed E-state index contributed by atoms with van der Waals surface area (Å²) in [7, 11) is 0. The van der Waals surface area contributed by atoms with Gasteiger partial charge in [-0.2, -0.15) is 0 Å². The van der Waals surface area contributed by atoms with E-state index in [0.29, 0.717) is 10.0 Å². The molecule has 0 saturated carbocycles. The average Bonchev–Trinajstić information content (AvgIpc) is 2.28. The predicted molar refractivity (Wildman–Crippen MR) is 70.1 cm³/mol. The minimum absolute atomic E-state index is 0.697. The van der Waals surface area contributed by atoms with Gasteiger partial charge >= 0.3 is 0 Å². The fourth-order valence-corrected chi connectivity index (χ4v) is 1.56. The third-order valence-corrected chi connectivity index (χ3v) is 2.51. The minimum Gasteiger partial charge on any atom is -0.301 e. The number of benzene rings is 2. The molecule has 2 rings (SSSR count). The number of rotatable bonds is 3. The zero-order valence-corrected chi connectivity index (χ0v) is 9.89. The number of hydrazine groups is 1. The Morgan fingerprint density at radius 3 is 2.06 bits per heavy atom. The zero-order valence-electron chi connectivity index (χ0n) is 8.37. The van der Waals surface area contributed by atoms with Gasteiger partial charge in [0.15, 0.2) is 0 Å². The van der Waals surface area contributed by atoms with Crippen LogP contribution in [0.4, 0.5) is 11.4 Å². The van der Waals surface area contributed by atoms with Crippen LogP contribution in [-0.2, 0) is 0 Å². The van der Waals surface area contributed by atoms with Crippen LogP contribution in [-0.4, -0.2) is 0 Å². The van der Waals surface area contributed by atoms with Gasteiger partial charge < -0.3 is 10.9 Å². The topological polar surface area (TPSA) is 24.1 Å². The third kappa shape index (κ3) is 3.05. The van der Waals surface area contributed by atoms with E-state index in [4.69, 9.17) is 23.2 Å². The lowest BCUT2D eigenvalue weighted by molar-refractivity contribution is 1.41. The molecule has 0 amide bonds. The lowest BCUT2D eigenvalue weighted by Crippen LogP contribution is -2.07. The minimum atomic E-state index is 0.697. The molecule has 0 aliphatic carbocycles. The Morgan fingerprint density at radius 2 is 1.38 bits per heavy atom. The van der Waals surface area contributed by atoms with Gasteiger partial charge in [0, 0.05) is 10.0 Å². The van der Waals surface area contributed by atoms with Gasteiger partial charge in [0.1, 0.15) is 0 Å². The molecule has 0 heterocycles. The van der Waals surface area contributed by atoms with Crippen LogP contribution >= 0.6 is 23.2 Å². The van der Waals surface area contributed by atoms with E-state index in [1.807, 2.05) is 48.5 Å². The van der Waals surface area contributed by atoms with Gasteiger partial charge in [-0.05, 0) is 42.5 Å². The normalized spacial score (nSPS) is 9.88. The van der Waals surface area contributed by atoms with Crippen molar-refractivity contribution in [3.05, 3.63) is 58.6 Å². The van der Waals surface area contributed by atoms with Gasteiger partial charge in [0.05, 0.1) is 11.4 Å². The molecule has 2 aromatic rings. The molecule has 0 spiro atoms. The number of anilines is 2. The van der Waals surface area contributed by atoms with Gasteiger partial charge in [0.25, 0.3) is 0 Å². The maximum atomic E-state index is 5.86. The third-order valence-electron chi connectivity index (χ3n) is 2.02. The largest absolute Gasteiger partial charge is 0.301 e. The van der Waals surface area contributed by atoms with E-state index in [1.165, 1.54) is 0 Å². The molecule has 16 heavy (non-hydrogen) atoms. The van der Waals surface area contributed by atoms with Crippen molar-refractivity contribution in [1.82, 2.24) is 0 Å². The molecule has 0 aliphatic heterocycles. The lowest BCUT2D eigenvalue weighted by Gasteiger charge is -2.09. The predicted octanol–water partition coefficient (Wildman–Crippen LogP) is 4.43. The van der Waals surface area contributed by atoms with Crippen LogP contribution in [0, 0.1) is 0 Å². The molecule has 0 aliphatic rings. The van der Waals surface area contributed by atoms with E-state index in [1.54, 1.807) is 0 Å². The molecule has 2 aromatic carbocycles. The standard InChI is InChI=1S/C12H10Cl2N2/c13-9-4-6-11(7-5-9)15-16-12-3-1-2-10(14)8-12/h1-8,15-16H. The maximum absolute atomic E-state index is 5.86. The molecule has 2 N–H and O–H groups in total. The number of hydrogen-bond acceptors (Lipinski definition) is 2. The van der Waals surface area contributed by atoms with Crippen LogP contribution in [0.3, 0.4) is 0 Å². The first kappa shape index (κ1) is 11.1. The summed E-state index contributed by atoms with van der Waals surface area (Å²) < 4.78 is 0. The highest BCUT2D eigenvalue weighted by Gasteiger charge is 1.94. The molecule has 82 valence electrons. The number of nitrogens with one attached hydrogen (secondary N) is 2. The van der Waals surface area contributed by atoms with Crippen molar-refractivity contribution in [1.29, 1.82) is 0 Å². The highest BCUT2D eigenvalue weighted by Crippen LogP contribution is 2.17. The molecule has 0 fully saturated rings. The van der Waals surface area contributed by atoms with Crippen LogP contribution in [0.5, 0.6) is 0 Å². The molecule has 0 radical (unpaired) electrons. The second-order valence-electron chi connectivity index (χ2n) is 3.27. The van der Waals surface area contributed by atoms with E-state index in [-0.39, 0.29) is 0 Å². The molecule has 2 nitrogen and oxygen atoms in total. The zero-order chi connectivity index (χ0) is 11.4. The summed E-state index contributed by atoms with van der Waals surface area (Å²) >= 11 is 11.6. The second kappa shape index (κ2) is 5.10. The van der Waals surface area contributed by atoms with E-state index < -0.39 is 0 Å². The average molecular weight is 253 g/mol. The van der Waals surface area contributed by atoms with Crippen molar-refractivity contribution >= 4 is 34.6 Å². The molecule has 4 heteroatoms. The van der Waals surface area contributed by atoms with Crippen molar-refractivity contribution in [3.63, 3.8) is 0 Å². The Morgan fingerprint density at radius 1 is 0.688 bits per heavy atom. The summed E-state index contributed by atoms with van der Waals surface area (Å²) in [6, 6.07) is 14.9. The van der Waals surface area contributed by atoms with Crippen LogP contribution in [0.15, 0.2) is 48.5 Å². The maximum Gasteiger partial charge on any atom is 0.0554 e. The van der Waals surface area contributed by atoms with E-state index >= 15 is 0 Å². The van der Waals surface area contributed by atoms with Gasteiger partial charge in [-0.3, -0.25) is 0 Å². The van der Waals surface area contributed by atoms with Gasteiger partial charge in [-0.25, -0.2) is 0 Å². The Kier molecular flexibility index (Phi) is 3.54. The number of halogens is 2. The van der Waals surface area contributed by atoms with Crippen molar-refractivity contribution in [2.45, 2.75) is 0 Å². The van der Waals surface area contributed by atoms with Crippen molar-refractivity contribution < 1.29 is 0 Å². The van der Waals surface area contributed by atoms with E-state index in [2.05, 4.69) is 10.9 Å². The summed E-state index contributed by atoms with van der Waals surface area (Å²) in [6.07, 6.45) is 0. The Bertz CT molecular complexity index is 469. The van der Waals surface area contributed by atoms with Crippen molar-refractivity contribution in [2.75, 3.05) is 10.9 Å². The molecule has 0 saturated heterocycles. The second-order valence-corrected chi connectivity index (χ2v) is 4.14. The molecular weight excluding hydrogens is 243 g/mol. The first-order valence-corrected chi connectivity index (χ1v) is 5.53. The monoisotopic (exact) mass is 252 g/mol. The summed E-state index contributed by atoms with van der Waals surface area (Å²) in [5.41, 5.74) is 7.93. The quantitative estimate of drug-likeness (QED) is 0.790. The molecule has 0 atom stereocenters. The Hall–Kier alpha value is -1.38. The van der Waals surface area contributed by atoms with Crippen molar-refractivity contribution in [2.24, 2.45) is 0 Å². The summed E-state index contributed by atoms with van der Waals surface area (Å²) in [6.45, 7) is 0. The SMILES string of the molecule is Clc1ccc(NNc2cccc(Cl)c2)cc1. The summed E-state index contributed by atoms with van der Waals surface area (Å²) in [4.78, 5) is 0. The van der Waals surface area contributed by atoms with Gasteiger partial charge in [-0.1, -0.05) is 29.3 Å². The molecule has 0 aromatic heterocycles. The fraction of sp³-hybridized carbons (Fsp3) is 0. The van der Waals surface area contributed by atoms with Crippen molar-refractivity contribution in [3.8, 4) is 0 Å². The number of hydrogen-bond donors (Lipinski definition) is 2. The van der Waals surface area contributed by atoms with Crippen LogP contribution in [0.1, 0.15) is 0 Å². The van der Waals surface area contributed by atoms with Gasteiger partial charge in [0.2, 0.25) is 0 Å². The first-order valence-electron chi connectivity index (χ1n) is 4.77. The summed E-state index contributed by atoms with van der Waals surface area (Å²) in [5, 5.41) is 1.41. The van der Waals surface area contributed by atoms with Gasteiger partial charge in [-0.15, -0.1) is 0 Å². The smallest absolute Gasteiger partial charge is 0.0554 e. The highest BCUT2D eigenvalue weighted by molar-refractivity contribution is 6.31. The van der Waals surface area contributed by atoms with Crippen LogP contribution in [0.2, 0.25) is 10.0 Å². The fourth-order valence-electron chi connectivity index (χ4n) is 1.24. The molecular formula is C12H10Cl2N2. The van der Waals surface area contributed by atoms with E-state index in [0.717, 1.165) is 11.4 Å². The highest BCUT2D eigenvalue weighted by atomic mass is 35.5. The van der Waals surface area contributed by atoms with E-state index in [9.17, 15) is 0 Å². The van der Waals surface area contributed by atoms with Crippen LogP contribution < -0.4 is 10.9 Å². The lowest BCUT2D eigenvalue weighted by atomic mass is 10.3. The van der Waals surface area contributed by atoms with Crippen LogP contribution in [0.25, 0.3) is 0 Å². The molecule has 0 bridgehead atoms. The summed E-state index contributed by atoms with van der Waals surface area (Å²) in [5.74, 6) is 0. The Labute approximate surface area is 104 Å².